The summed E-state index contributed by atoms with van der Waals surface area (Å²) in [6.07, 6.45) is 0. The number of amides is 1. The first-order chi connectivity index (χ1) is 9.40. The smallest absolute Gasteiger partial charge is 0.264 e. The third kappa shape index (κ3) is 2.80. The molecule has 1 aromatic heterocycles. The fourth-order valence-electron chi connectivity index (χ4n) is 1.72. The largest absolute Gasteiger partial charge is 0.397 e. The molecule has 0 bridgehead atoms. The standard InChI is InChI=1S/C13H15BrN2O3S/c1-13(5-17,6-18)16-12(19)11-10(15)8-4-7(14)2-3-9(8)20-11/h2-4,17-18H,5-6,15H2,1H3,(H,16,19). The Kier molecular flexibility index (Phi) is 4.33. The highest BCUT2D eigenvalue weighted by Crippen LogP contribution is 2.35. The molecule has 2 rings (SSSR count). The van der Waals surface area contributed by atoms with Crippen LogP contribution in [-0.2, 0) is 0 Å². The Morgan fingerprint density at radius 3 is 2.70 bits per heavy atom. The number of rotatable bonds is 4. The number of fused-ring (bicyclic) bond motifs is 1. The lowest BCUT2D eigenvalue weighted by atomic mass is 10.1. The van der Waals surface area contributed by atoms with Gasteiger partial charge in [-0.1, -0.05) is 15.9 Å². The van der Waals surface area contributed by atoms with Crippen molar-refractivity contribution in [3.8, 4) is 0 Å². The number of nitrogens with two attached hydrogens (primary N) is 1. The van der Waals surface area contributed by atoms with E-state index in [9.17, 15) is 15.0 Å². The molecule has 0 aliphatic rings. The molecular formula is C13H15BrN2O3S. The number of benzene rings is 1. The molecule has 0 saturated heterocycles. The molecule has 0 saturated carbocycles. The number of hydrogen-bond acceptors (Lipinski definition) is 5. The van der Waals surface area contributed by atoms with E-state index in [1.165, 1.54) is 11.3 Å². The van der Waals surface area contributed by atoms with E-state index in [1.807, 2.05) is 18.2 Å². The van der Waals surface area contributed by atoms with Crippen LogP contribution in [0.25, 0.3) is 10.1 Å². The number of aliphatic hydroxyl groups excluding tert-OH is 2. The summed E-state index contributed by atoms with van der Waals surface area (Å²) in [4.78, 5) is 12.6. The fourth-order valence-corrected chi connectivity index (χ4v) is 3.08. The lowest BCUT2D eigenvalue weighted by Gasteiger charge is -2.25. The molecule has 7 heteroatoms. The summed E-state index contributed by atoms with van der Waals surface area (Å²) in [5.74, 6) is -0.398. The maximum Gasteiger partial charge on any atom is 0.264 e. The molecule has 2 aromatic rings. The topological polar surface area (TPSA) is 95.6 Å². The Hall–Kier alpha value is -1.15. The van der Waals surface area contributed by atoms with Crippen LogP contribution in [-0.4, -0.2) is 34.9 Å². The SMILES string of the molecule is CC(CO)(CO)NC(=O)c1sc2ccc(Br)cc2c1N. The average molecular weight is 359 g/mol. The van der Waals surface area contributed by atoms with E-state index >= 15 is 0 Å². The van der Waals surface area contributed by atoms with Gasteiger partial charge in [-0.25, -0.2) is 0 Å². The van der Waals surface area contributed by atoms with Crippen LogP contribution in [0.2, 0.25) is 0 Å². The van der Waals surface area contributed by atoms with E-state index < -0.39 is 11.4 Å². The molecule has 0 radical (unpaired) electrons. The van der Waals surface area contributed by atoms with Gasteiger partial charge in [0.2, 0.25) is 0 Å². The highest BCUT2D eigenvalue weighted by atomic mass is 79.9. The average Bonchev–Trinajstić information content (AvgIpc) is 2.76. The van der Waals surface area contributed by atoms with Gasteiger partial charge in [0, 0.05) is 14.6 Å². The van der Waals surface area contributed by atoms with Crippen LogP contribution in [0.1, 0.15) is 16.6 Å². The van der Waals surface area contributed by atoms with E-state index in [-0.39, 0.29) is 13.2 Å². The minimum absolute atomic E-state index is 0.356. The Morgan fingerprint density at radius 1 is 1.45 bits per heavy atom. The second-order valence-electron chi connectivity index (χ2n) is 4.82. The minimum atomic E-state index is -1.07. The first-order valence-electron chi connectivity index (χ1n) is 5.92. The minimum Gasteiger partial charge on any atom is -0.397 e. The summed E-state index contributed by atoms with van der Waals surface area (Å²) in [6.45, 7) is 0.849. The van der Waals surface area contributed by atoms with Gasteiger partial charge in [0.15, 0.2) is 0 Å². The highest BCUT2D eigenvalue weighted by molar-refractivity contribution is 9.10. The molecule has 0 aliphatic carbocycles. The predicted molar refractivity (Wildman–Crippen MR) is 84.0 cm³/mol. The van der Waals surface area contributed by atoms with Gasteiger partial charge in [-0.15, -0.1) is 11.3 Å². The van der Waals surface area contributed by atoms with Crippen LogP contribution >= 0.6 is 27.3 Å². The number of nitrogen functional groups attached to an aromatic ring is 1. The Morgan fingerprint density at radius 2 is 2.10 bits per heavy atom. The van der Waals surface area contributed by atoms with Crippen molar-refractivity contribution in [2.45, 2.75) is 12.5 Å². The Balaban J connectivity index is 2.38. The zero-order valence-corrected chi connectivity index (χ0v) is 13.2. The summed E-state index contributed by atoms with van der Waals surface area (Å²) < 4.78 is 1.79. The molecule has 1 amide bonds. The van der Waals surface area contributed by atoms with Crippen molar-refractivity contribution < 1.29 is 15.0 Å². The second-order valence-corrected chi connectivity index (χ2v) is 6.78. The number of halogens is 1. The van der Waals surface area contributed by atoms with Crippen LogP contribution in [0.5, 0.6) is 0 Å². The van der Waals surface area contributed by atoms with Gasteiger partial charge in [0.1, 0.15) is 4.88 Å². The van der Waals surface area contributed by atoms with Crippen molar-refractivity contribution in [2.24, 2.45) is 0 Å². The maximum atomic E-state index is 12.2. The molecule has 5 N–H and O–H groups in total. The van der Waals surface area contributed by atoms with Gasteiger partial charge in [-0.05, 0) is 25.1 Å². The van der Waals surface area contributed by atoms with E-state index in [0.717, 1.165) is 14.6 Å². The van der Waals surface area contributed by atoms with Gasteiger partial charge in [0.05, 0.1) is 24.4 Å². The number of thiophene rings is 1. The van der Waals surface area contributed by atoms with Crippen molar-refractivity contribution in [3.63, 3.8) is 0 Å². The number of carbonyl (C=O) groups is 1. The van der Waals surface area contributed by atoms with Crippen LogP contribution in [0.15, 0.2) is 22.7 Å². The molecule has 1 aromatic carbocycles. The second kappa shape index (κ2) is 5.69. The van der Waals surface area contributed by atoms with Crippen molar-refractivity contribution in [3.05, 3.63) is 27.5 Å². The summed E-state index contributed by atoms with van der Waals surface area (Å²) >= 11 is 4.65. The van der Waals surface area contributed by atoms with Crippen LogP contribution in [0, 0.1) is 0 Å². The lowest BCUT2D eigenvalue weighted by molar-refractivity contribution is 0.0728. The van der Waals surface area contributed by atoms with Gasteiger partial charge in [-0.2, -0.15) is 0 Å². The maximum absolute atomic E-state index is 12.2. The van der Waals surface area contributed by atoms with Crippen molar-refractivity contribution in [2.75, 3.05) is 18.9 Å². The Labute approximate surface area is 128 Å². The predicted octanol–water partition coefficient (Wildman–Crippen LogP) is 1.72. The first-order valence-corrected chi connectivity index (χ1v) is 7.53. The van der Waals surface area contributed by atoms with Gasteiger partial charge >= 0.3 is 0 Å². The van der Waals surface area contributed by atoms with E-state index in [4.69, 9.17) is 5.73 Å². The summed E-state index contributed by atoms with van der Waals surface area (Å²) in [6, 6.07) is 5.62. The molecule has 1 heterocycles. The number of carbonyl (C=O) groups excluding carboxylic acids is 1. The van der Waals surface area contributed by atoms with E-state index in [0.29, 0.717) is 10.6 Å². The molecule has 0 fully saturated rings. The van der Waals surface area contributed by atoms with Gasteiger partial charge in [-0.3, -0.25) is 4.79 Å². The van der Waals surface area contributed by atoms with E-state index in [1.54, 1.807) is 6.92 Å². The van der Waals surface area contributed by atoms with Crippen molar-refractivity contribution in [1.82, 2.24) is 5.32 Å². The molecule has 20 heavy (non-hydrogen) atoms. The number of nitrogens with one attached hydrogen (secondary N) is 1. The molecule has 5 nitrogen and oxygen atoms in total. The summed E-state index contributed by atoms with van der Waals surface area (Å²) in [5, 5.41) is 21.9. The highest BCUT2D eigenvalue weighted by Gasteiger charge is 2.27. The summed E-state index contributed by atoms with van der Waals surface area (Å²) in [5.41, 5.74) is 5.35. The molecular weight excluding hydrogens is 344 g/mol. The van der Waals surface area contributed by atoms with Gasteiger partial charge in [0.25, 0.3) is 5.91 Å². The summed E-state index contributed by atoms with van der Waals surface area (Å²) in [7, 11) is 0. The first kappa shape index (κ1) is 15.2. The number of hydrogen-bond donors (Lipinski definition) is 4. The van der Waals surface area contributed by atoms with Crippen LogP contribution < -0.4 is 11.1 Å². The van der Waals surface area contributed by atoms with Crippen molar-refractivity contribution in [1.29, 1.82) is 0 Å². The quantitative estimate of drug-likeness (QED) is 0.669. The number of anilines is 1. The molecule has 0 aliphatic heterocycles. The van der Waals surface area contributed by atoms with Gasteiger partial charge < -0.3 is 21.3 Å². The molecule has 108 valence electrons. The molecule has 0 atom stereocenters. The lowest BCUT2D eigenvalue weighted by Crippen LogP contribution is -2.51. The fraction of sp³-hybridized carbons (Fsp3) is 0.308. The monoisotopic (exact) mass is 358 g/mol. The van der Waals surface area contributed by atoms with Crippen LogP contribution in [0.4, 0.5) is 5.69 Å². The molecule has 0 spiro atoms. The van der Waals surface area contributed by atoms with Crippen LogP contribution in [0.3, 0.4) is 0 Å². The Bertz CT molecular complexity index is 652. The number of aliphatic hydroxyl groups is 2. The van der Waals surface area contributed by atoms with E-state index in [2.05, 4.69) is 21.2 Å². The normalized spacial score (nSPS) is 11.8. The third-order valence-electron chi connectivity index (χ3n) is 3.01. The van der Waals surface area contributed by atoms with Crippen molar-refractivity contribution >= 4 is 48.9 Å². The third-order valence-corrected chi connectivity index (χ3v) is 4.69. The molecule has 0 unspecified atom stereocenters. The zero-order chi connectivity index (χ0) is 14.9. The zero-order valence-electron chi connectivity index (χ0n) is 10.8.